The molecule has 2 aromatic carbocycles. The highest BCUT2D eigenvalue weighted by Gasteiger charge is 2.59. The number of carbonyl (C=O) groups excluding carboxylic acids is 2. The first-order chi connectivity index (χ1) is 18.5. The van der Waals surface area contributed by atoms with Gasteiger partial charge in [0.15, 0.2) is 5.11 Å². The second kappa shape index (κ2) is 10.3. The van der Waals surface area contributed by atoms with Crippen LogP contribution in [-0.2, 0) is 9.53 Å². The molecular formula is C29H31ClN4O4S. The van der Waals surface area contributed by atoms with E-state index in [9.17, 15) is 14.9 Å². The molecule has 10 heteroatoms. The summed E-state index contributed by atoms with van der Waals surface area (Å²) in [6, 6.07) is 14.6. The fraction of sp³-hybridized carbons (Fsp3) is 0.448. The van der Waals surface area contributed by atoms with Crippen LogP contribution < -0.4 is 14.5 Å². The minimum absolute atomic E-state index is 0.00132. The predicted molar refractivity (Wildman–Crippen MR) is 153 cm³/mol. The normalized spacial score (nSPS) is 19.2. The molecule has 1 spiro atoms. The highest BCUT2D eigenvalue weighted by atomic mass is 35.5. The number of halogens is 1. The predicted octanol–water partition coefficient (Wildman–Crippen LogP) is 6.05. The van der Waals surface area contributed by atoms with E-state index in [1.165, 1.54) is 4.90 Å². The van der Waals surface area contributed by atoms with Gasteiger partial charge >= 0.3 is 6.09 Å². The van der Waals surface area contributed by atoms with E-state index < -0.39 is 11.1 Å². The molecule has 0 aromatic heterocycles. The second-order valence-electron chi connectivity index (χ2n) is 11.2. The number of likely N-dealkylation sites (tertiary alicyclic amines) is 1. The smallest absolute Gasteiger partial charge is 0.410 e. The maximum atomic E-state index is 13.7. The van der Waals surface area contributed by atoms with Crippen molar-refractivity contribution in [1.29, 1.82) is 5.26 Å². The molecule has 2 aliphatic heterocycles. The Balaban J connectivity index is 1.27. The van der Waals surface area contributed by atoms with E-state index in [4.69, 9.17) is 33.3 Å². The van der Waals surface area contributed by atoms with Crippen molar-refractivity contribution in [2.24, 2.45) is 0 Å². The van der Waals surface area contributed by atoms with Gasteiger partial charge in [0, 0.05) is 31.6 Å². The summed E-state index contributed by atoms with van der Waals surface area (Å²) in [6.07, 6.45) is 3.51. The van der Waals surface area contributed by atoms with Gasteiger partial charge in [0.25, 0.3) is 5.91 Å². The van der Waals surface area contributed by atoms with E-state index in [0.717, 1.165) is 30.7 Å². The lowest BCUT2D eigenvalue weighted by molar-refractivity contribution is -0.123. The molecule has 3 fully saturated rings. The van der Waals surface area contributed by atoms with Crippen molar-refractivity contribution in [3.8, 4) is 11.8 Å². The van der Waals surface area contributed by atoms with Crippen molar-refractivity contribution in [3.63, 3.8) is 0 Å². The number of amides is 2. The lowest BCUT2D eigenvalue weighted by Crippen LogP contribution is -2.55. The number of ether oxygens (including phenoxy) is 2. The third-order valence-corrected chi connectivity index (χ3v) is 8.09. The average molecular weight is 567 g/mol. The zero-order valence-corrected chi connectivity index (χ0v) is 23.8. The Hall–Kier alpha value is -3.35. The number of nitrogens with zero attached hydrogens (tertiary/aromatic N) is 4. The van der Waals surface area contributed by atoms with Crippen molar-refractivity contribution >= 4 is 52.3 Å². The maximum Gasteiger partial charge on any atom is 0.410 e. The highest BCUT2D eigenvalue weighted by Crippen LogP contribution is 2.48. The summed E-state index contributed by atoms with van der Waals surface area (Å²) in [4.78, 5) is 31.2. The molecule has 2 amide bonds. The number of benzene rings is 2. The van der Waals surface area contributed by atoms with Gasteiger partial charge in [-0.1, -0.05) is 11.6 Å². The van der Waals surface area contributed by atoms with Crippen molar-refractivity contribution in [3.05, 3.63) is 53.1 Å². The Labute approximate surface area is 239 Å². The first kappa shape index (κ1) is 27.2. The molecule has 5 rings (SSSR count). The molecule has 39 heavy (non-hydrogen) atoms. The second-order valence-corrected chi connectivity index (χ2v) is 12.0. The number of nitriles is 1. The fourth-order valence-corrected chi connectivity index (χ4v) is 5.98. The summed E-state index contributed by atoms with van der Waals surface area (Å²) in [5, 5.41) is 9.89. The monoisotopic (exact) mass is 566 g/mol. The van der Waals surface area contributed by atoms with Gasteiger partial charge in [-0.2, -0.15) is 5.26 Å². The first-order valence-electron chi connectivity index (χ1n) is 13.2. The van der Waals surface area contributed by atoms with Crippen molar-refractivity contribution in [1.82, 2.24) is 4.90 Å². The number of thiocarbonyl (C=S) groups is 1. The van der Waals surface area contributed by atoms with Gasteiger partial charge in [0.05, 0.1) is 16.3 Å². The van der Waals surface area contributed by atoms with Gasteiger partial charge in [-0.05, 0) is 94.7 Å². The zero-order valence-electron chi connectivity index (χ0n) is 22.3. The Morgan fingerprint density at radius 2 is 1.74 bits per heavy atom. The van der Waals surface area contributed by atoms with Crippen LogP contribution in [0.4, 0.5) is 16.2 Å². The van der Waals surface area contributed by atoms with Gasteiger partial charge in [0.2, 0.25) is 0 Å². The van der Waals surface area contributed by atoms with E-state index in [1.807, 2.05) is 56.0 Å². The quantitative estimate of drug-likeness (QED) is 0.416. The Morgan fingerprint density at radius 1 is 1.10 bits per heavy atom. The van der Waals surface area contributed by atoms with Crippen molar-refractivity contribution in [2.75, 3.05) is 22.9 Å². The Morgan fingerprint density at radius 3 is 2.28 bits per heavy atom. The van der Waals surface area contributed by atoms with Crippen LogP contribution in [0, 0.1) is 11.3 Å². The summed E-state index contributed by atoms with van der Waals surface area (Å²) in [7, 11) is 0. The first-order valence-corrected chi connectivity index (χ1v) is 13.9. The number of piperidine rings is 1. The molecule has 2 heterocycles. The van der Waals surface area contributed by atoms with Crippen molar-refractivity contribution < 1.29 is 19.1 Å². The van der Waals surface area contributed by atoms with Crippen LogP contribution in [0.2, 0.25) is 5.02 Å². The molecule has 0 atom stereocenters. The zero-order chi connectivity index (χ0) is 27.9. The molecule has 1 saturated carbocycles. The van der Waals surface area contributed by atoms with Gasteiger partial charge in [-0.25, -0.2) is 4.79 Å². The molecule has 0 radical (unpaired) electrons. The molecule has 204 valence electrons. The average Bonchev–Trinajstić information content (AvgIpc) is 3.10. The SMILES string of the molecule is CC(C)(C)OC(=O)N1CCC(Oc2ccc(N3C(=S)N(c4ccc(C#N)c(Cl)c4)C(=O)C34CCC4)cc2)CC1. The number of hydrogen-bond donors (Lipinski definition) is 0. The molecule has 8 nitrogen and oxygen atoms in total. The van der Waals surface area contributed by atoms with Crippen LogP contribution in [0.5, 0.6) is 5.75 Å². The molecule has 2 aromatic rings. The van der Waals surface area contributed by atoms with Crippen LogP contribution in [0.25, 0.3) is 0 Å². The number of anilines is 2. The largest absolute Gasteiger partial charge is 0.490 e. The van der Waals surface area contributed by atoms with Crippen LogP contribution in [0.3, 0.4) is 0 Å². The lowest BCUT2D eigenvalue weighted by atomic mass is 9.75. The minimum Gasteiger partial charge on any atom is -0.490 e. The summed E-state index contributed by atoms with van der Waals surface area (Å²) < 4.78 is 11.7. The van der Waals surface area contributed by atoms with E-state index in [1.54, 1.807) is 23.1 Å². The van der Waals surface area contributed by atoms with Crippen LogP contribution in [-0.4, -0.2) is 52.3 Å². The van der Waals surface area contributed by atoms with Crippen LogP contribution in [0.1, 0.15) is 58.4 Å². The van der Waals surface area contributed by atoms with Gasteiger partial charge in [-0.15, -0.1) is 0 Å². The summed E-state index contributed by atoms with van der Waals surface area (Å²) in [5.74, 6) is 0.654. The topological polar surface area (TPSA) is 86.1 Å². The van der Waals surface area contributed by atoms with E-state index in [2.05, 4.69) is 0 Å². The van der Waals surface area contributed by atoms with E-state index in [-0.39, 0.29) is 23.1 Å². The van der Waals surface area contributed by atoms with Gasteiger partial charge in [-0.3, -0.25) is 9.69 Å². The molecule has 3 aliphatic rings. The van der Waals surface area contributed by atoms with Crippen LogP contribution in [0.15, 0.2) is 42.5 Å². The molecular weight excluding hydrogens is 536 g/mol. The van der Waals surface area contributed by atoms with Crippen molar-refractivity contribution in [2.45, 2.75) is 70.1 Å². The summed E-state index contributed by atoms with van der Waals surface area (Å²) in [5.41, 5.74) is 0.495. The number of carbonyl (C=O) groups is 2. The Bertz CT molecular complexity index is 1340. The van der Waals surface area contributed by atoms with Crippen LogP contribution >= 0.6 is 23.8 Å². The lowest BCUT2D eigenvalue weighted by Gasteiger charge is -2.43. The molecule has 0 unspecified atom stereocenters. The molecule has 1 aliphatic carbocycles. The number of hydrogen-bond acceptors (Lipinski definition) is 6. The van der Waals surface area contributed by atoms with E-state index >= 15 is 0 Å². The van der Waals surface area contributed by atoms with Gasteiger partial charge in [0.1, 0.15) is 29.1 Å². The highest BCUT2D eigenvalue weighted by molar-refractivity contribution is 7.81. The molecule has 0 N–H and O–H groups in total. The fourth-order valence-electron chi connectivity index (χ4n) is 5.29. The standard InChI is InChI=1S/C29H31ClN4O4S/c1-28(2,3)38-27(36)32-15-11-23(12-16-32)37-22-9-7-20(8-10-22)34-26(39)33(25(35)29(34)13-4-14-29)21-6-5-19(18-31)24(30)17-21/h5-10,17,23H,4,11-16H2,1-3H3. The minimum atomic E-state index is -0.714. The molecule has 0 bridgehead atoms. The Kier molecular flexibility index (Phi) is 7.21. The summed E-state index contributed by atoms with van der Waals surface area (Å²) >= 11 is 12.1. The van der Waals surface area contributed by atoms with E-state index in [0.29, 0.717) is 42.3 Å². The maximum absolute atomic E-state index is 13.7. The molecule has 2 saturated heterocycles. The summed E-state index contributed by atoms with van der Waals surface area (Å²) in [6.45, 7) is 6.76. The van der Waals surface area contributed by atoms with Gasteiger partial charge < -0.3 is 19.3 Å². The number of rotatable bonds is 4. The third-order valence-electron chi connectivity index (χ3n) is 7.42. The third kappa shape index (κ3) is 5.15.